The second kappa shape index (κ2) is 12.2. The number of hydrogen-bond acceptors (Lipinski definition) is 4. The van der Waals surface area contributed by atoms with Crippen molar-refractivity contribution in [3.8, 4) is 0 Å². The monoisotopic (exact) mass is 526 g/mol. The molecule has 0 aliphatic carbocycles. The zero-order valence-electron chi connectivity index (χ0n) is 20.0. The third-order valence-electron chi connectivity index (χ3n) is 5.95. The summed E-state index contributed by atoms with van der Waals surface area (Å²) < 4.78 is 5.44. The van der Waals surface area contributed by atoms with Gasteiger partial charge in [0.2, 0.25) is 0 Å². The molecule has 1 saturated heterocycles. The second-order valence-electron chi connectivity index (χ2n) is 8.50. The average molecular weight is 527 g/mol. The highest BCUT2D eigenvalue weighted by Gasteiger charge is 2.20. The van der Waals surface area contributed by atoms with Gasteiger partial charge in [-0.1, -0.05) is 23.2 Å². The number of nitrogens with one attached hydrogen (secondary N) is 2. The van der Waals surface area contributed by atoms with Crippen molar-refractivity contribution in [3.63, 3.8) is 0 Å². The van der Waals surface area contributed by atoms with Crippen LogP contribution in [-0.2, 0) is 4.74 Å². The predicted octanol–water partition coefficient (Wildman–Crippen LogP) is 5.92. The Bertz CT molecular complexity index is 1200. The summed E-state index contributed by atoms with van der Waals surface area (Å²) in [5.74, 6) is -0.230. The first kappa shape index (κ1) is 26.0. The molecule has 1 heterocycles. The number of halogens is 2. The maximum Gasteiger partial charge on any atom is 0.326 e. The number of carbonyl (C=O) groups excluding carboxylic acids is 2. The SMILES string of the molecule is Cc1cc(N(CCN2CCOCC2)C(=O)Nc2ccc(Cl)cc2)ccc1C(=O)Nc1ccc(Cl)cc1. The lowest BCUT2D eigenvalue weighted by Crippen LogP contribution is -2.44. The Hall–Kier alpha value is -3.10. The summed E-state index contributed by atoms with van der Waals surface area (Å²) in [4.78, 5) is 30.2. The van der Waals surface area contributed by atoms with Crippen LogP contribution in [-0.4, -0.2) is 56.2 Å². The second-order valence-corrected chi connectivity index (χ2v) is 9.38. The van der Waals surface area contributed by atoms with Gasteiger partial charge in [0.15, 0.2) is 0 Å². The van der Waals surface area contributed by atoms with E-state index in [1.807, 2.05) is 13.0 Å². The van der Waals surface area contributed by atoms with Gasteiger partial charge in [0, 0.05) is 58.8 Å². The Morgan fingerprint density at radius 2 is 1.47 bits per heavy atom. The van der Waals surface area contributed by atoms with Gasteiger partial charge < -0.3 is 15.4 Å². The fourth-order valence-corrected chi connectivity index (χ4v) is 4.19. The fourth-order valence-electron chi connectivity index (χ4n) is 3.94. The number of morpholine rings is 1. The summed E-state index contributed by atoms with van der Waals surface area (Å²) in [5, 5.41) is 7.02. The van der Waals surface area contributed by atoms with E-state index in [0.717, 1.165) is 18.7 Å². The number of anilines is 3. The lowest BCUT2D eigenvalue weighted by Gasteiger charge is -2.30. The van der Waals surface area contributed by atoms with E-state index in [1.54, 1.807) is 65.6 Å². The van der Waals surface area contributed by atoms with Gasteiger partial charge in [0.05, 0.1) is 13.2 Å². The Balaban J connectivity index is 1.52. The van der Waals surface area contributed by atoms with Crippen molar-refractivity contribution in [2.75, 3.05) is 54.9 Å². The van der Waals surface area contributed by atoms with Gasteiger partial charge in [-0.15, -0.1) is 0 Å². The first-order chi connectivity index (χ1) is 17.4. The standard InChI is InChI=1S/C27H28Cl2N4O3/c1-19-18-24(10-11-25(19)26(34)30-22-6-2-20(28)3-7-22)33(13-12-32-14-16-36-17-15-32)27(35)31-23-8-4-21(29)5-9-23/h2-11,18H,12-17H2,1H3,(H,30,34)(H,31,35). The van der Waals surface area contributed by atoms with Crippen molar-refractivity contribution in [1.29, 1.82) is 0 Å². The van der Waals surface area contributed by atoms with Crippen LogP contribution in [0.25, 0.3) is 0 Å². The normalized spacial score (nSPS) is 13.8. The quantitative estimate of drug-likeness (QED) is 0.400. The molecule has 3 aromatic carbocycles. The molecule has 7 nitrogen and oxygen atoms in total. The van der Waals surface area contributed by atoms with Gasteiger partial charge in [-0.3, -0.25) is 14.6 Å². The summed E-state index contributed by atoms with van der Waals surface area (Å²) in [6.45, 7) is 6.08. The number of urea groups is 1. The van der Waals surface area contributed by atoms with Crippen molar-refractivity contribution in [2.45, 2.75) is 6.92 Å². The number of amides is 3. The summed E-state index contributed by atoms with van der Waals surface area (Å²) in [5.41, 5.74) is 3.30. The van der Waals surface area contributed by atoms with E-state index in [9.17, 15) is 9.59 Å². The molecule has 4 rings (SSSR count). The number of benzene rings is 3. The summed E-state index contributed by atoms with van der Waals surface area (Å²) >= 11 is 11.9. The van der Waals surface area contributed by atoms with E-state index in [2.05, 4.69) is 15.5 Å². The number of hydrogen-bond donors (Lipinski definition) is 2. The van der Waals surface area contributed by atoms with Gasteiger partial charge in [-0.25, -0.2) is 4.79 Å². The maximum absolute atomic E-state index is 13.3. The number of rotatable bonds is 7. The third-order valence-corrected chi connectivity index (χ3v) is 6.46. The van der Waals surface area contributed by atoms with E-state index < -0.39 is 0 Å². The Kier molecular flexibility index (Phi) is 8.83. The number of ether oxygens (including phenoxy) is 1. The number of carbonyl (C=O) groups is 2. The minimum absolute atomic E-state index is 0.230. The highest BCUT2D eigenvalue weighted by atomic mass is 35.5. The van der Waals surface area contributed by atoms with E-state index in [0.29, 0.717) is 59.0 Å². The number of aryl methyl sites for hydroxylation is 1. The predicted molar refractivity (Wildman–Crippen MR) is 146 cm³/mol. The molecule has 2 N–H and O–H groups in total. The van der Waals surface area contributed by atoms with Crippen molar-refractivity contribution >= 4 is 52.2 Å². The Morgan fingerprint density at radius 1 is 0.889 bits per heavy atom. The topological polar surface area (TPSA) is 73.9 Å². The molecule has 0 aromatic heterocycles. The van der Waals surface area contributed by atoms with Crippen LogP contribution in [0.15, 0.2) is 66.7 Å². The third kappa shape index (κ3) is 6.98. The van der Waals surface area contributed by atoms with Gasteiger partial charge in [0.1, 0.15) is 0 Å². The van der Waals surface area contributed by atoms with Crippen LogP contribution in [0, 0.1) is 6.92 Å². The molecule has 3 aromatic rings. The molecule has 1 aliphatic heterocycles. The molecule has 9 heteroatoms. The summed E-state index contributed by atoms with van der Waals surface area (Å²) in [6.07, 6.45) is 0. The first-order valence-corrected chi connectivity index (χ1v) is 12.5. The summed E-state index contributed by atoms with van der Waals surface area (Å²) in [7, 11) is 0. The van der Waals surface area contributed by atoms with Crippen LogP contribution in [0.3, 0.4) is 0 Å². The molecule has 3 amide bonds. The zero-order valence-corrected chi connectivity index (χ0v) is 21.5. The average Bonchev–Trinajstić information content (AvgIpc) is 2.87. The highest BCUT2D eigenvalue weighted by Crippen LogP contribution is 2.23. The van der Waals surface area contributed by atoms with E-state index >= 15 is 0 Å². The van der Waals surface area contributed by atoms with Gasteiger partial charge in [-0.05, 0) is 79.2 Å². The maximum atomic E-state index is 13.3. The van der Waals surface area contributed by atoms with Gasteiger partial charge >= 0.3 is 6.03 Å². The zero-order chi connectivity index (χ0) is 25.5. The van der Waals surface area contributed by atoms with Crippen LogP contribution in [0.5, 0.6) is 0 Å². The molecule has 0 spiro atoms. The van der Waals surface area contributed by atoms with E-state index in [1.165, 1.54) is 0 Å². The largest absolute Gasteiger partial charge is 0.379 e. The van der Waals surface area contributed by atoms with Crippen LogP contribution < -0.4 is 15.5 Å². The molecule has 0 atom stereocenters. The number of nitrogens with zero attached hydrogens (tertiary/aromatic N) is 2. The molecule has 36 heavy (non-hydrogen) atoms. The minimum Gasteiger partial charge on any atom is -0.379 e. The Labute approximate surface area is 220 Å². The van der Waals surface area contributed by atoms with Crippen molar-refractivity contribution in [1.82, 2.24) is 4.90 Å². The molecular weight excluding hydrogens is 499 g/mol. The molecule has 0 radical (unpaired) electrons. The van der Waals surface area contributed by atoms with Crippen LogP contribution >= 0.6 is 23.2 Å². The van der Waals surface area contributed by atoms with Crippen molar-refractivity contribution in [2.24, 2.45) is 0 Å². The molecule has 0 bridgehead atoms. The van der Waals surface area contributed by atoms with Gasteiger partial charge in [0.25, 0.3) is 5.91 Å². The van der Waals surface area contributed by atoms with E-state index in [4.69, 9.17) is 27.9 Å². The smallest absolute Gasteiger partial charge is 0.326 e. The van der Waals surface area contributed by atoms with E-state index in [-0.39, 0.29) is 11.9 Å². The van der Waals surface area contributed by atoms with Crippen LogP contribution in [0.2, 0.25) is 10.0 Å². The lowest BCUT2D eigenvalue weighted by atomic mass is 10.1. The van der Waals surface area contributed by atoms with Gasteiger partial charge in [-0.2, -0.15) is 0 Å². The van der Waals surface area contributed by atoms with Crippen molar-refractivity contribution < 1.29 is 14.3 Å². The highest BCUT2D eigenvalue weighted by molar-refractivity contribution is 6.31. The molecule has 0 saturated carbocycles. The molecule has 1 aliphatic rings. The molecule has 0 unspecified atom stereocenters. The lowest BCUT2D eigenvalue weighted by molar-refractivity contribution is 0.0393. The van der Waals surface area contributed by atoms with Crippen LogP contribution in [0.1, 0.15) is 15.9 Å². The summed E-state index contributed by atoms with van der Waals surface area (Å²) in [6, 6.07) is 19.1. The molecular formula is C27H28Cl2N4O3. The molecule has 188 valence electrons. The fraction of sp³-hybridized carbons (Fsp3) is 0.259. The first-order valence-electron chi connectivity index (χ1n) is 11.7. The van der Waals surface area contributed by atoms with Crippen molar-refractivity contribution in [3.05, 3.63) is 87.9 Å². The molecule has 1 fully saturated rings. The van der Waals surface area contributed by atoms with Crippen LogP contribution in [0.4, 0.5) is 21.9 Å². The Morgan fingerprint density at radius 3 is 2.06 bits per heavy atom. The minimum atomic E-state index is -0.261.